The Morgan fingerprint density at radius 3 is 2.38 bits per heavy atom. The van der Waals surface area contributed by atoms with Crippen molar-refractivity contribution in [3.05, 3.63) is 95.2 Å². The number of nitrogens with one attached hydrogen (secondary N) is 2. The van der Waals surface area contributed by atoms with Crippen molar-refractivity contribution in [1.82, 2.24) is 14.6 Å². The number of benzene rings is 3. The van der Waals surface area contributed by atoms with E-state index in [0.29, 0.717) is 34.1 Å². The van der Waals surface area contributed by atoms with Crippen molar-refractivity contribution in [2.24, 2.45) is 5.73 Å². The van der Waals surface area contributed by atoms with Crippen LogP contribution in [-0.2, 0) is 26.1 Å². The topological polar surface area (TPSA) is 159 Å². The highest BCUT2D eigenvalue weighted by molar-refractivity contribution is 7.90. The van der Waals surface area contributed by atoms with Gasteiger partial charge in [0.25, 0.3) is 15.9 Å². The van der Waals surface area contributed by atoms with Crippen LogP contribution >= 0.6 is 0 Å². The van der Waals surface area contributed by atoms with Crippen molar-refractivity contribution in [3.8, 4) is 5.75 Å². The molecule has 11 nitrogen and oxygen atoms in total. The molecule has 5 rings (SSSR count). The van der Waals surface area contributed by atoms with E-state index >= 15 is 0 Å². The van der Waals surface area contributed by atoms with Gasteiger partial charge in [-0.1, -0.05) is 24.3 Å². The standard InChI is InChI=1S/C33H36N4O7S/c1-3-35-30(38)20-37-19-27(26-17-22(14-16-28(26)37)33(40)44-23-9-7-8-10-23)31(34)25-15-13-21(18-29(25)43-2)32(39)36-45(41,42)24-11-5-4-6-12-24/h4-6,11-19,23,31H,3,7-10,20,34H2,1-2H3,(H,35,38)(H,36,39). The third kappa shape index (κ3) is 7.02. The van der Waals surface area contributed by atoms with Gasteiger partial charge in [0.15, 0.2) is 0 Å². The molecule has 2 amide bonds. The molecule has 1 aromatic heterocycles. The summed E-state index contributed by atoms with van der Waals surface area (Å²) >= 11 is 0. The van der Waals surface area contributed by atoms with E-state index in [4.69, 9.17) is 15.2 Å². The first-order chi connectivity index (χ1) is 21.6. The van der Waals surface area contributed by atoms with E-state index in [1.165, 1.54) is 31.4 Å². The number of aromatic nitrogens is 1. The predicted octanol–water partition coefficient (Wildman–Crippen LogP) is 4.05. The molecule has 1 aliphatic carbocycles. The molecule has 3 aromatic carbocycles. The maximum Gasteiger partial charge on any atom is 0.338 e. The van der Waals surface area contributed by atoms with E-state index < -0.39 is 27.9 Å². The fraction of sp³-hybridized carbons (Fsp3) is 0.303. The Morgan fingerprint density at radius 2 is 1.69 bits per heavy atom. The van der Waals surface area contributed by atoms with Crippen LogP contribution in [0.5, 0.6) is 5.75 Å². The summed E-state index contributed by atoms with van der Waals surface area (Å²) in [4.78, 5) is 38.5. The first-order valence-corrected chi connectivity index (χ1v) is 16.3. The number of fused-ring (bicyclic) bond motifs is 1. The Balaban J connectivity index is 1.48. The molecule has 1 heterocycles. The second-order valence-corrected chi connectivity index (χ2v) is 12.6. The largest absolute Gasteiger partial charge is 0.496 e. The molecule has 1 fully saturated rings. The van der Waals surface area contributed by atoms with E-state index in [-0.39, 0.29) is 34.8 Å². The number of esters is 1. The lowest BCUT2D eigenvalue weighted by atomic mass is 9.96. The van der Waals surface area contributed by atoms with E-state index in [1.54, 1.807) is 53.2 Å². The van der Waals surface area contributed by atoms with Crippen molar-refractivity contribution in [1.29, 1.82) is 0 Å². The molecule has 0 aliphatic heterocycles. The summed E-state index contributed by atoms with van der Waals surface area (Å²) in [7, 11) is -2.67. The molecule has 1 atom stereocenters. The Labute approximate surface area is 261 Å². The minimum atomic E-state index is -4.09. The van der Waals surface area contributed by atoms with Gasteiger partial charge in [0, 0.05) is 34.8 Å². The lowest BCUT2D eigenvalue weighted by Crippen LogP contribution is -2.30. The summed E-state index contributed by atoms with van der Waals surface area (Å²) in [5.41, 5.74) is 9.07. The lowest BCUT2D eigenvalue weighted by molar-refractivity contribution is -0.121. The summed E-state index contributed by atoms with van der Waals surface area (Å²) in [6.07, 6.45) is 5.43. The average molecular weight is 633 g/mol. The van der Waals surface area contributed by atoms with Gasteiger partial charge >= 0.3 is 5.97 Å². The van der Waals surface area contributed by atoms with Crippen LogP contribution in [0.1, 0.15) is 70.5 Å². The molecule has 236 valence electrons. The number of hydrogen-bond acceptors (Lipinski definition) is 8. The van der Waals surface area contributed by atoms with Crippen LogP contribution in [0.15, 0.2) is 77.8 Å². The molecule has 0 spiro atoms. The number of nitrogens with two attached hydrogens (primary N) is 1. The number of amides is 2. The van der Waals surface area contributed by atoms with Gasteiger partial charge in [-0.05, 0) is 80.6 Å². The molecule has 45 heavy (non-hydrogen) atoms. The van der Waals surface area contributed by atoms with E-state index in [2.05, 4.69) is 10.0 Å². The van der Waals surface area contributed by atoms with Crippen molar-refractivity contribution in [2.45, 2.75) is 56.2 Å². The molecule has 0 saturated heterocycles. The van der Waals surface area contributed by atoms with Gasteiger partial charge in [0.2, 0.25) is 5.91 Å². The normalized spacial score (nSPS) is 14.2. The van der Waals surface area contributed by atoms with E-state index in [9.17, 15) is 22.8 Å². The molecule has 0 bridgehead atoms. The maximum absolute atomic E-state index is 13.0. The summed E-state index contributed by atoms with van der Waals surface area (Å²) < 4.78 is 40.6. The van der Waals surface area contributed by atoms with E-state index in [0.717, 1.165) is 25.7 Å². The van der Waals surface area contributed by atoms with Crippen LogP contribution in [0.4, 0.5) is 0 Å². The number of likely N-dealkylation sites (N-methyl/N-ethyl adjacent to an activating group) is 1. The van der Waals surface area contributed by atoms with Gasteiger partial charge in [0.05, 0.1) is 23.6 Å². The monoisotopic (exact) mass is 632 g/mol. The lowest BCUT2D eigenvalue weighted by Gasteiger charge is -2.17. The summed E-state index contributed by atoms with van der Waals surface area (Å²) in [6, 6.07) is 16.4. The Morgan fingerprint density at radius 1 is 0.978 bits per heavy atom. The highest BCUT2D eigenvalue weighted by Crippen LogP contribution is 2.35. The van der Waals surface area contributed by atoms with Crippen molar-refractivity contribution in [3.63, 3.8) is 0 Å². The van der Waals surface area contributed by atoms with Gasteiger partial charge in [-0.2, -0.15) is 0 Å². The van der Waals surface area contributed by atoms with Crippen LogP contribution in [-0.4, -0.2) is 50.5 Å². The van der Waals surface area contributed by atoms with Crippen molar-refractivity contribution < 1.29 is 32.3 Å². The molecular weight excluding hydrogens is 596 g/mol. The minimum Gasteiger partial charge on any atom is -0.496 e. The Hall–Kier alpha value is -4.68. The summed E-state index contributed by atoms with van der Waals surface area (Å²) in [6.45, 7) is 2.35. The number of nitrogens with zero attached hydrogens (tertiary/aromatic N) is 1. The van der Waals surface area contributed by atoms with Crippen LogP contribution in [0.3, 0.4) is 0 Å². The van der Waals surface area contributed by atoms with Gasteiger partial charge < -0.3 is 25.1 Å². The number of methoxy groups -OCH3 is 1. The summed E-state index contributed by atoms with van der Waals surface area (Å²) in [5.74, 6) is -1.18. The molecule has 0 radical (unpaired) electrons. The number of rotatable bonds is 11. The number of carbonyl (C=O) groups excluding carboxylic acids is 3. The fourth-order valence-corrected chi connectivity index (χ4v) is 6.58. The Bertz CT molecular complexity index is 1830. The summed E-state index contributed by atoms with van der Waals surface area (Å²) in [5, 5.41) is 3.45. The zero-order chi connectivity index (χ0) is 32.1. The quantitative estimate of drug-likeness (QED) is 0.209. The van der Waals surface area contributed by atoms with Gasteiger partial charge in [-0.25, -0.2) is 17.9 Å². The molecule has 12 heteroatoms. The first-order valence-electron chi connectivity index (χ1n) is 14.8. The first kappa shape index (κ1) is 31.7. The molecule has 1 aliphatic rings. The number of sulfonamides is 1. The van der Waals surface area contributed by atoms with E-state index in [1.807, 2.05) is 6.92 Å². The predicted molar refractivity (Wildman–Crippen MR) is 168 cm³/mol. The molecule has 1 unspecified atom stereocenters. The Kier molecular flexibility index (Phi) is 9.54. The SMILES string of the molecule is CCNC(=O)Cn1cc(C(N)c2ccc(C(=O)NS(=O)(=O)c3ccccc3)cc2OC)c2cc(C(=O)OC3CCCC3)ccc21. The third-order valence-electron chi connectivity index (χ3n) is 7.86. The van der Waals surface area contributed by atoms with Gasteiger partial charge in [-0.3, -0.25) is 9.59 Å². The second kappa shape index (κ2) is 13.5. The molecular formula is C33H36N4O7S. The van der Waals surface area contributed by atoms with Gasteiger partial charge in [0.1, 0.15) is 18.4 Å². The maximum atomic E-state index is 13.0. The van der Waals surface area contributed by atoms with Crippen LogP contribution < -0.4 is 20.5 Å². The zero-order valence-electron chi connectivity index (χ0n) is 25.1. The fourth-order valence-electron chi connectivity index (χ4n) is 5.58. The van der Waals surface area contributed by atoms with Gasteiger partial charge in [-0.15, -0.1) is 0 Å². The van der Waals surface area contributed by atoms with Crippen LogP contribution in [0.25, 0.3) is 10.9 Å². The van der Waals surface area contributed by atoms with Crippen LogP contribution in [0.2, 0.25) is 0 Å². The number of hydrogen-bond donors (Lipinski definition) is 3. The molecule has 4 N–H and O–H groups in total. The van der Waals surface area contributed by atoms with Crippen molar-refractivity contribution >= 4 is 38.7 Å². The molecule has 4 aromatic rings. The minimum absolute atomic E-state index is 0.0368. The highest BCUT2D eigenvalue weighted by atomic mass is 32.2. The number of carbonyl (C=O) groups is 3. The second-order valence-electron chi connectivity index (χ2n) is 10.9. The zero-order valence-corrected chi connectivity index (χ0v) is 25.9. The highest BCUT2D eigenvalue weighted by Gasteiger charge is 2.25. The van der Waals surface area contributed by atoms with Crippen LogP contribution in [0, 0.1) is 0 Å². The number of ether oxygens (including phenoxy) is 2. The smallest absolute Gasteiger partial charge is 0.338 e. The third-order valence-corrected chi connectivity index (χ3v) is 9.20. The molecule has 1 saturated carbocycles. The average Bonchev–Trinajstić information content (AvgIpc) is 3.68. The van der Waals surface area contributed by atoms with Crippen molar-refractivity contribution in [2.75, 3.05) is 13.7 Å².